The summed E-state index contributed by atoms with van der Waals surface area (Å²) in [5, 5.41) is 3.14. The van der Waals surface area contributed by atoms with Crippen LogP contribution in [0.4, 0.5) is 5.69 Å². The maximum atomic E-state index is 13.6. The standard InChI is InChI=1S/C30H43N3O5S/c1-22-16-17-23(2)28(19-22)33(39(5,36)37)18-10-15-29(34)32(21-25-11-9-14-27(20-25)38-4)24(3)30(35)31-26-12-7-6-8-13-26/h9,11,14,16-17,19-20,24,26H,6-8,10,12-13,15,18,21H2,1-5H3,(H,31,35)/t24-/m0/s1. The summed E-state index contributed by atoms with van der Waals surface area (Å²) in [4.78, 5) is 28.4. The van der Waals surface area contributed by atoms with Crippen molar-refractivity contribution in [2.24, 2.45) is 0 Å². The maximum absolute atomic E-state index is 13.6. The topological polar surface area (TPSA) is 96.0 Å². The minimum Gasteiger partial charge on any atom is -0.497 e. The number of nitrogens with zero attached hydrogens (tertiary/aromatic N) is 2. The molecule has 1 N–H and O–H groups in total. The van der Waals surface area contributed by atoms with Gasteiger partial charge in [0.05, 0.1) is 19.1 Å². The molecule has 2 aromatic carbocycles. The molecule has 39 heavy (non-hydrogen) atoms. The smallest absolute Gasteiger partial charge is 0.242 e. The number of sulfonamides is 1. The van der Waals surface area contributed by atoms with Gasteiger partial charge in [-0.15, -0.1) is 0 Å². The Bertz CT molecular complexity index is 1240. The highest BCUT2D eigenvalue weighted by Crippen LogP contribution is 2.25. The molecule has 0 radical (unpaired) electrons. The molecule has 9 heteroatoms. The molecule has 0 spiro atoms. The number of benzene rings is 2. The molecule has 0 saturated heterocycles. The van der Waals surface area contributed by atoms with E-state index in [1.54, 1.807) is 18.9 Å². The highest BCUT2D eigenvalue weighted by molar-refractivity contribution is 7.92. The molecule has 1 aliphatic carbocycles. The summed E-state index contributed by atoms with van der Waals surface area (Å²) >= 11 is 0. The second kappa shape index (κ2) is 13.8. The summed E-state index contributed by atoms with van der Waals surface area (Å²) in [6, 6.07) is 12.6. The van der Waals surface area contributed by atoms with Crippen LogP contribution in [-0.4, -0.2) is 57.1 Å². The van der Waals surface area contributed by atoms with E-state index in [1.807, 2.05) is 56.3 Å². The van der Waals surface area contributed by atoms with Gasteiger partial charge in [-0.25, -0.2) is 8.42 Å². The first-order valence-electron chi connectivity index (χ1n) is 13.8. The Hall–Kier alpha value is -3.07. The number of hydrogen-bond acceptors (Lipinski definition) is 5. The highest BCUT2D eigenvalue weighted by atomic mass is 32.2. The van der Waals surface area contributed by atoms with E-state index < -0.39 is 16.1 Å². The molecule has 8 nitrogen and oxygen atoms in total. The molecule has 1 saturated carbocycles. The van der Waals surface area contributed by atoms with Gasteiger partial charge in [-0.05, 0) is 74.9 Å². The van der Waals surface area contributed by atoms with Crippen LogP contribution >= 0.6 is 0 Å². The Morgan fingerprint density at radius 2 is 1.79 bits per heavy atom. The number of carbonyl (C=O) groups is 2. The molecular formula is C30H43N3O5S. The zero-order valence-corrected chi connectivity index (χ0v) is 24.7. The molecule has 1 aliphatic rings. The Balaban J connectivity index is 1.75. The lowest BCUT2D eigenvalue weighted by Crippen LogP contribution is -2.50. The van der Waals surface area contributed by atoms with Gasteiger partial charge in [-0.3, -0.25) is 13.9 Å². The third-order valence-corrected chi connectivity index (χ3v) is 8.57. The summed E-state index contributed by atoms with van der Waals surface area (Å²) in [6.07, 6.45) is 6.93. The van der Waals surface area contributed by atoms with Crippen LogP contribution in [0.1, 0.15) is 68.6 Å². The lowest BCUT2D eigenvalue weighted by molar-refractivity contribution is -0.141. The predicted molar refractivity (Wildman–Crippen MR) is 155 cm³/mol. The highest BCUT2D eigenvalue weighted by Gasteiger charge is 2.28. The van der Waals surface area contributed by atoms with Gasteiger partial charge in [0.25, 0.3) is 0 Å². The molecular weight excluding hydrogens is 514 g/mol. The van der Waals surface area contributed by atoms with Crippen molar-refractivity contribution in [3.8, 4) is 5.75 Å². The van der Waals surface area contributed by atoms with Crippen molar-refractivity contribution in [1.29, 1.82) is 0 Å². The number of ether oxygens (including phenoxy) is 1. The predicted octanol–water partition coefficient (Wildman–Crippen LogP) is 4.72. The van der Waals surface area contributed by atoms with Crippen LogP contribution in [0.3, 0.4) is 0 Å². The molecule has 3 rings (SSSR count). The van der Waals surface area contributed by atoms with Crippen molar-refractivity contribution < 1.29 is 22.7 Å². The van der Waals surface area contributed by atoms with Crippen LogP contribution in [0, 0.1) is 13.8 Å². The minimum absolute atomic E-state index is 0.113. The largest absolute Gasteiger partial charge is 0.497 e. The monoisotopic (exact) mass is 557 g/mol. The summed E-state index contributed by atoms with van der Waals surface area (Å²) in [5.41, 5.74) is 3.29. The van der Waals surface area contributed by atoms with Gasteiger partial charge in [-0.2, -0.15) is 0 Å². The van der Waals surface area contributed by atoms with Crippen molar-refractivity contribution in [2.45, 2.75) is 84.3 Å². The second-order valence-electron chi connectivity index (χ2n) is 10.6. The van der Waals surface area contributed by atoms with E-state index in [2.05, 4.69) is 5.32 Å². The van der Waals surface area contributed by atoms with Crippen LogP contribution in [0.15, 0.2) is 42.5 Å². The zero-order valence-electron chi connectivity index (χ0n) is 23.9. The number of methoxy groups -OCH3 is 1. The number of rotatable bonds is 12. The fourth-order valence-corrected chi connectivity index (χ4v) is 6.10. The number of anilines is 1. The molecule has 0 aromatic heterocycles. The third kappa shape index (κ3) is 8.71. The normalized spacial score (nSPS) is 14.9. The van der Waals surface area contributed by atoms with Gasteiger partial charge in [0.1, 0.15) is 11.8 Å². The number of hydrogen-bond donors (Lipinski definition) is 1. The molecule has 1 atom stereocenters. The Labute approximate surface area is 233 Å². The summed E-state index contributed by atoms with van der Waals surface area (Å²) < 4.78 is 32.0. The first kappa shape index (κ1) is 30.5. The molecule has 0 unspecified atom stereocenters. The number of aryl methyl sites for hydroxylation is 2. The van der Waals surface area contributed by atoms with E-state index in [0.29, 0.717) is 17.9 Å². The van der Waals surface area contributed by atoms with Crippen LogP contribution in [0.25, 0.3) is 0 Å². The van der Waals surface area contributed by atoms with Crippen LogP contribution in [-0.2, 0) is 26.2 Å². The summed E-state index contributed by atoms with van der Waals surface area (Å²) in [6.45, 7) is 5.98. The molecule has 0 bridgehead atoms. The Morgan fingerprint density at radius 1 is 1.08 bits per heavy atom. The van der Waals surface area contributed by atoms with Gasteiger partial charge in [0.15, 0.2) is 0 Å². The summed E-state index contributed by atoms with van der Waals surface area (Å²) in [5.74, 6) is 0.321. The first-order chi connectivity index (χ1) is 18.5. The van der Waals surface area contributed by atoms with Crippen molar-refractivity contribution in [2.75, 3.05) is 24.2 Å². The SMILES string of the molecule is COc1cccc(CN(C(=O)CCCN(c2cc(C)ccc2C)S(C)(=O)=O)[C@@H](C)C(=O)NC2CCCCC2)c1. The molecule has 0 heterocycles. The van der Waals surface area contributed by atoms with E-state index in [1.165, 1.54) is 17.0 Å². The van der Waals surface area contributed by atoms with Crippen LogP contribution in [0.5, 0.6) is 5.75 Å². The molecule has 0 aliphatic heterocycles. The van der Waals surface area contributed by atoms with Crippen molar-refractivity contribution in [3.63, 3.8) is 0 Å². The summed E-state index contributed by atoms with van der Waals surface area (Å²) in [7, 11) is -1.96. The number of amides is 2. The van der Waals surface area contributed by atoms with Crippen molar-refractivity contribution in [3.05, 3.63) is 59.2 Å². The minimum atomic E-state index is -3.55. The molecule has 214 valence electrons. The molecule has 2 aromatic rings. The lowest BCUT2D eigenvalue weighted by atomic mass is 9.95. The van der Waals surface area contributed by atoms with E-state index in [-0.39, 0.29) is 37.4 Å². The lowest BCUT2D eigenvalue weighted by Gasteiger charge is -2.31. The molecule has 2 amide bonds. The number of nitrogens with one attached hydrogen (secondary N) is 1. The average molecular weight is 558 g/mol. The van der Waals surface area contributed by atoms with Crippen molar-refractivity contribution >= 4 is 27.5 Å². The fraction of sp³-hybridized carbons (Fsp3) is 0.533. The number of carbonyl (C=O) groups excluding carboxylic acids is 2. The van der Waals surface area contributed by atoms with Gasteiger partial charge >= 0.3 is 0 Å². The van der Waals surface area contributed by atoms with Crippen molar-refractivity contribution in [1.82, 2.24) is 10.2 Å². The van der Waals surface area contributed by atoms with Gasteiger partial charge in [0.2, 0.25) is 21.8 Å². The maximum Gasteiger partial charge on any atom is 0.242 e. The van der Waals surface area contributed by atoms with E-state index >= 15 is 0 Å². The van der Waals surface area contributed by atoms with Crippen LogP contribution in [0.2, 0.25) is 0 Å². The first-order valence-corrected chi connectivity index (χ1v) is 15.6. The molecule has 1 fully saturated rings. The van der Waals surface area contributed by atoms with E-state index in [9.17, 15) is 18.0 Å². The second-order valence-corrected chi connectivity index (χ2v) is 12.5. The Kier molecular flexibility index (Phi) is 10.8. The zero-order chi connectivity index (χ0) is 28.6. The van der Waals surface area contributed by atoms with E-state index in [4.69, 9.17) is 4.74 Å². The van der Waals surface area contributed by atoms with E-state index in [0.717, 1.165) is 42.4 Å². The quantitative estimate of drug-likeness (QED) is 0.407. The fourth-order valence-electron chi connectivity index (χ4n) is 5.09. The van der Waals surface area contributed by atoms with Gasteiger partial charge < -0.3 is 15.0 Å². The van der Waals surface area contributed by atoms with Gasteiger partial charge in [0, 0.05) is 25.6 Å². The van der Waals surface area contributed by atoms with Crippen LogP contribution < -0.4 is 14.4 Å². The van der Waals surface area contributed by atoms with Gasteiger partial charge in [-0.1, -0.05) is 43.5 Å². The Morgan fingerprint density at radius 3 is 2.46 bits per heavy atom. The third-order valence-electron chi connectivity index (χ3n) is 7.39. The average Bonchev–Trinajstić information content (AvgIpc) is 2.90.